The molecule has 0 N–H and O–H groups in total. The summed E-state index contributed by atoms with van der Waals surface area (Å²) in [6.45, 7) is 31.3. The highest BCUT2D eigenvalue weighted by molar-refractivity contribution is 6.74. The zero-order valence-electron chi connectivity index (χ0n) is 24.1. The second-order valence-electron chi connectivity index (χ2n) is 13.4. The summed E-state index contributed by atoms with van der Waals surface area (Å²) in [5.41, 5.74) is 0.597. The maximum absolute atomic E-state index is 12.0. The monoisotopic (exact) mass is 484 g/mol. The van der Waals surface area contributed by atoms with E-state index in [1.807, 2.05) is 13.8 Å². The Kier molecular flexibility index (Phi) is 11.9. The maximum Gasteiger partial charge on any atom is 0.192 e. The van der Waals surface area contributed by atoms with Crippen molar-refractivity contribution in [2.75, 3.05) is 0 Å². The van der Waals surface area contributed by atoms with Gasteiger partial charge in [0.15, 0.2) is 16.6 Å². The third kappa shape index (κ3) is 9.56. The minimum Gasteiger partial charge on any atom is -0.414 e. The first kappa shape index (κ1) is 31.8. The molecule has 0 aromatic rings. The van der Waals surface area contributed by atoms with Crippen molar-refractivity contribution >= 4 is 22.9 Å². The third-order valence-electron chi connectivity index (χ3n) is 7.71. The van der Waals surface area contributed by atoms with E-state index in [4.69, 9.17) is 8.85 Å². The van der Waals surface area contributed by atoms with Gasteiger partial charge in [-0.15, -0.1) is 0 Å². The molecule has 0 saturated heterocycles. The summed E-state index contributed by atoms with van der Waals surface area (Å²) in [5, 5.41) is 0.293. The van der Waals surface area contributed by atoms with Crippen LogP contribution in [-0.2, 0) is 13.6 Å². The van der Waals surface area contributed by atoms with Crippen molar-refractivity contribution in [3.8, 4) is 0 Å². The summed E-state index contributed by atoms with van der Waals surface area (Å²) >= 11 is 0. The molecule has 190 valence electrons. The van der Waals surface area contributed by atoms with E-state index in [2.05, 4.69) is 87.7 Å². The quantitative estimate of drug-likeness (QED) is 0.113. The first-order valence-electron chi connectivity index (χ1n) is 12.7. The number of carbonyl (C=O) groups is 1. The highest BCUT2D eigenvalue weighted by Gasteiger charge is 2.43. The number of unbranched alkanes of at least 4 members (excludes halogenated alkanes) is 2. The van der Waals surface area contributed by atoms with Crippen molar-refractivity contribution in [3.63, 3.8) is 0 Å². The van der Waals surface area contributed by atoms with Crippen LogP contribution in [0.2, 0.25) is 36.3 Å². The largest absolute Gasteiger partial charge is 0.414 e. The predicted molar refractivity (Wildman–Crippen MR) is 147 cm³/mol. The number of hydrogen-bond donors (Lipinski definition) is 0. The lowest BCUT2D eigenvalue weighted by atomic mass is 9.84. The van der Waals surface area contributed by atoms with Crippen molar-refractivity contribution in [2.24, 2.45) is 5.41 Å². The van der Waals surface area contributed by atoms with Crippen LogP contribution in [0.4, 0.5) is 0 Å². The summed E-state index contributed by atoms with van der Waals surface area (Å²) in [4.78, 5) is 12.0. The maximum atomic E-state index is 12.0. The van der Waals surface area contributed by atoms with E-state index in [1.54, 1.807) is 0 Å². The van der Waals surface area contributed by atoms with Gasteiger partial charge in [0.25, 0.3) is 0 Å². The molecule has 0 aliphatic heterocycles. The van der Waals surface area contributed by atoms with E-state index >= 15 is 0 Å². The van der Waals surface area contributed by atoms with E-state index in [0.29, 0.717) is 0 Å². The summed E-state index contributed by atoms with van der Waals surface area (Å²) in [6, 6.07) is 0. The van der Waals surface area contributed by atoms with Crippen LogP contribution in [0.5, 0.6) is 0 Å². The van der Waals surface area contributed by atoms with E-state index in [-0.39, 0.29) is 22.3 Å². The molecule has 3 nitrogen and oxygen atoms in total. The molecule has 5 heteroatoms. The molecule has 0 radical (unpaired) electrons. The van der Waals surface area contributed by atoms with Crippen LogP contribution in [0, 0.1) is 5.41 Å². The second kappa shape index (κ2) is 11.9. The molecule has 0 aliphatic carbocycles. The Morgan fingerprint density at radius 3 is 1.72 bits per heavy atom. The molecule has 0 aromatic heterocycles. The number of carbonyl (C=O) groups excluding carboxylic acids is 1. The number of aldehydes is 1. The molecule has 0 fully saturated rings. The lowest BCUT2D eigenvalue weighted by Crippen LogP contribution is -2.48. The first-order valence-corrected chi connectivity index (χ1v) is 18.5. The summed E-state index contributed by atoms with van der Waals surface area (Å²) in [7, 11) is -3.87. The fourth-order valence-electron chi connectivity index (χ4n) is 3.23. The van der Waals surface area contributed by atoms with Gasteiger partial charge in [0, 0.05) is 11.5 Å². The molecule has 0 aliphatic rings. The lowest BCUT2D eigenvalue weighted by molar-refractivity contribution is -0.118. The highest BCUT2D eigenvalue weighted by Crippen LogP contribution is 2.41. The van der Waals surface area contributed by atoms with Gasteiger partial charge in [0.05, 0.1) is 6.10 Å². The minimum absolute atomic E-state index is 0.0959. The molecule has 0 aromatic carbocycles. The first-order chi connectivity index (χ1) is 14.2. The standard InChI is InChI=1S/C27H56O3Si2/c1-15-16-17-18-23(29-31(11,12)25(3,4)5)20-19-22(2)24(27(9,10)21-28)30-32(13,14)26(6,7)8/h19,21,23-24H,15-18,20H2,1-14H3/b22-19+/t23-,24-/m1/s1. The van der Waals surface area contributed by atoms with Crippen molar-refractivity contribution in [1.82, 2.24) is 0 Å². The molecular weight excluding hydrogens is 428 g/mol. The van der Waals surface area contributed by atoms with Gasteiger partial charge >= 0.3 is 0 Å². The Balaban J connectivity index is 5.83. The smallest absolute Gasteiger partial charge is 0.192 e. The molecule has 0 bridgehead atoms. The van der Waals surface area contributed by atoms with Gasteiger partial charge in [-0.05, 0) is 61.6 Å². The van der Waals surface area contributed by atoms with Gasteiger partial charge in [-0.25, -0.2) is 0 Å². The van der Waals surface area contributed by atoms with Crippen LogP contribution in [0.15, 0.2) is 11.6 Å². The SMILES string of the molecule is CCCCC[C@H](C/C=C(\C)[C@@H](O[Si](C)(C)C(C)(C)C)C(C)(C)C=O)O[Si](C)(C)C(C)(C)C. The Labute approximate surface area is 203 Å². The molecule has 2 atom stereocenters. The minimum atomic E-state index is -2.03. The topological polar surface area (TPSA) is 35.5 Å². The molecular formula is C27H56O3Si2. The zero-order valence-corrected chi connectivity index (χ0v) is 26.1. The Bertz CT molecular complexity index is 607. The van der Waals surface area contributed by atoms with Crippen LogP contribution in [0.1, 0.15) is 101 Å². The van der Waals surface area contributed by atoms with Gasteiger partial charge in [-0.2, -0.15) is 0 Å². The Morgan fingerprint density at radius 1 is 0.844 bits per heavy atom. The van der Waals surface area contributed by atoms with E-state index < -0.39 is 22.0 Å². The van der Waals surface area contributed by atoms with Crippen LogP contribution in [0.3, 0.4) is 0 Å². The van der Waals surface area contributed by atoms with Crippen LogP contribution in [0.25, 0.3) is 0 Å². The average Bonchev–Trinajstić information content (AvgIpc) is 2.61. The van der Waals surface area contributed by atoms with Crippen molar-refractivity contribution < 1.29 is 13.6 Å². The van der Waals surface area contributed by atoms with E-state index in [0.717, 1.165) is 24.7 Å². The Hall–Kier alpha value is -0.236. The third-order valence-corrected chi connectivity index (χ3v) is 16.7. The summed E-state index contributed by atoms with van der Waals surface area (Å²) in [5.74, 6) is 0. The fraction of sp³-hybridized carbons (Fsp3) is 0.889. The predicted octanol–water partition coefficient (Wildman–Crippen LogP) is 8.91. The molecule has 32 heavy (non-hydrogen) atoms. The highest BCUT2D eigenvalue weighted by atomic mass is 28.4. The van der Waals surface area contributed by atoms with Gasteiger partial charge in [0.2, 0.25) is 0 Å². The van der Waals surface area contributed by atoms with Crippen LogP contribution < -0.4 is 0 Å². The molecule has 0 spiro atoms. The molecule has 0 amide bonds. The number of rotatable bonds is 13. The van der Waals surface area contributed by atoms with Crippen LogP contribution >= 0.6 is 0 Å². The molecule has 0 heterocycles. The lowest BCUT2D eigenvalue weighted by Gasteiger charge is -2.43. The molecule has 0 saturated carbocycles. The fourth-order valence-corrected chi connectivity index (χ4v) is 6.06. The van der Waals surface area contributed by atoms with Crippen molar-refractivity contribution in [2.45, 2.75) is 150 Å². The normalized spacial score (nSPS) is 16.8. The van der Waals surface area contributed by atoms with Gasteiger partial charge < -0.3 is 13.6 Å². The molecule has 0 rings (SSSR count). The van der Waals surface area contributed by atoms with Crippen LogP contribution in [-0.4, -0.2) is 35.1 Å². The number of hydrogen-bond acceptors (Lipinski definition) is 3. The summed E-state index contributed by atoms with van der Waals surface area (Å²) in [6.07, 6.45) is 9.03. The second-order valence-corrected chi connectivity index (χ2v) is 22.9. The summed E-state index contributed by atoms with van der Waals surface area (Å²) < 4.78 is 13.7. The van der Waals surface area contributed by atoms with E-state index in [1.165, 1.54) is 19.3 Å². The van der Waals surface area contributed by atoms with Crippen molar-refractivity contribution in [1.29, 1.82) is 0 Å². The van der Waals surface area contributed by atoms with Gasteiger partial charge in [-0.3, -0.25) is 0 Å². The van der Waals surface area contributed by atoms with Gasteiger partial charge in [-0.1, -0.05) is 87.7 Å². The molecule has 0 unspecified atom stereocenters. The van der Waals surface area contributed by atoms with Crippen molar-refractivity contribution in [3.05, 3.63) is 11.6 Å². The average molecular weight is 485 g/mol. The van der Waals surface area contributed by atoms with E-state index in [9.17, 15) is 4.79 Å². The Morgan fingerprint density at radius 2 is 1.31 bits per heavy atom. The zero-order chi connectivity index (χ0) is 25.6. The van der Waals surface area contributed by atoms with Gasteiger partial charge in [0.1, 0.15) is 6.29 Å².